The van der Waals surface area contributed by atoms with E-state index in [4.69, 9.17) is 0 Å². The number of carbonyl (C=O) groups excluding carboxylic acids is 2. The molecule has 1 amide bonds. The van der Waals surface area contributed by atoms with Crippen LogP contribution in [0.3, 0.4) is 0 Å². The van der Waals surface area contributed by atoms with Crippen LogP contribution in [0.1, 0.15) is 24.5 Å². The molecule has 0 radical (unpaired) electrons. The number of hydrogen-bond acceptors (Lipinski definition) is 3. The van der Waals surface area contributed by atoms with Gasteiger partial charge in [-0.3, -0.25) is 9.48 Å². The summed E-state index contributed by atoms with van der Waals surface area (Å²) in [5.41, 5.74) is 1.72. The Bertz CT molecular complexity index is 604. The van der Waals surface area contributed by atoms with Crippen molar-refractivity contribution in [2.24, 2.45) is 7.05 Å². The zero-order valence-electron chi connectivity index (χ0n) is 11.1. The van der Waals surface area contributed by atoms with Crippen molar-refractivity contribution in [3.05, 3.63) is 30.0 Å². The third-order valence-corrected chi connectivity index (χ3v) is 3.25. The lowest BCUT2D eigenvalue weighted by Crippen LogP contribution is -2.26. The van der Waals surface area contributed by atoms with Gasteiger partial charge in [-0.05, 0) is 12.5 Å². The van der Waals surface area contributed by atoms with Gasteiger partial charge in [0.15, 0.2) is 0 Å². The highest BCUT2D eigenvalue weighted by atomic mass is 16.1. The number of rotatable bonds is 5. The standard InChI is InChI=1S/C14H17N3O2/c1-15-14(19)11(7-5-9-18)13-10-6-3-4-8-12(10)17(2)16-13/h3-4,6,8-9,11H,5,7H2,1-2H3,(H,15,19). The summed E-state index contributed by atoms with van der Waals surface area (Å²) < 4.78 is 1.77. The minimum absolute atomic E-state index is 0.106. The molecular weight excluding hydrogens is 242 g/mol. The van der Waals surface area contributed by atoms with Crippen LogP contribution in [0.2, 0.25) is 0 Å². The number of para-hydroxylation sites is 1. The van der Waals surface area contributed by atoms with E-state index in [1.165, 1.54) is 0 Å². The molecule has 1 heterocycles. The molecule has 0 spiro atoms. The van der Waals surface area contributed by atoms with E-state index in [2.05, 4.69) is 10.4 Å². The minimum Gasteiger partial charge on any atom is -0.359 e. The lowest BCUT2D eigenvalue weighted by molar-refractivity contribution is -0.122. The second kappa shape index (κ2) is 5.65. The Morgan fingerprint density at radius 2 is 2.21 bits per heavy atom. The van der Waals surface area contributed by atoms with Crippen LogP contribution in [0.5, 0.6) is 0 Å². The smallest absolute Gasteiger partial charge is 0.228 e. The average Bonchev–Trinajstić information content (AvgIpc) is 2.77. The van der Waals surface area contributed by atoms with E-state index in [-0.39, 0.29) is 11.8 Å². The molecule has 0 bridgehead atoms. The van der Waals surface area contributed by atoms with Crippen LogP contribution in [0.25, 0.3) is 10.9 Å². The van der Waals surface area contributed by atoms with Gasteiger partial charge in [0, 0.05) is 25.9 Å². The molecule has 100 valence electrons. The van der Waals surface area contributed by atoms with E-state index in [9.17, 15) is 9.59 Å². The third-order valence-electron chi connectivity index (χ3n) is 3.25. The van der Waals surface area contributed by atoms with E-state index in [1.807, 2.05) is 31.3 Å². The molecule has 1 aromatic heterocycles. The fourth-order valence-corrected chi connectivity index (χ4v) is 2.30. The molecule has 2 rings (SSSR count). The SMILES string of the molecule is CNC(=O)C(CCC=O)c1nn(C)c2ccccc12. The topological polar surface area (TPSA) is 64.0 Å². The monoisotopic (exact) mass is 259 g/mol. The number of aryl methyl sites for hydroxylation is 1. The Labute approximate surface area is 111 Å². The highest BCUT2D eigenvalue weighted by Crippen LogP contribution is 2.27. The van der Waals surface area contributed by atoms with Crippen molar-refractivity contribution in [1.29, 1.82) is 0 Å². The van der Waals surface area contributed by atoms with Crippen molar-refractivity contribution in [3.8, 4) is 0 Å². The molecule has 2 aromatic rings. The summed E-state index contributed by atoms with van der Waals surface area (Å²) in [5, 5.41) is 8.06. The van der Waals surface area contributed by atoms with Gasteiger partial charge in [0.2, 0.25) is 5.91 Å². The zero-order chi connectivity index (χ0) is 13.8. The molecule has 1 atom stereocenters. The number of nitrogens with zero attached hydrogens (tertiary/aromatic N) is 2. The van der Waals surface area contributed by atoms with Crippen molar-refractivity contribution >= 4 is 23.1 Å². The molecule has 1 N–H and O–H groups in total. The van der Waals surface area contributed by atoms with Gasteiger partial charge in [0.1, 0.15) is 6.29 Å². The zero-order valence-corrected chi connectivity index (χ0v) is 11.1. The van der Waals surface area contributed by atoms with Crippen LogP contribution < -0.4 is 5.32 Å². The van der Waals surface area contributed by atoms with Crippen LogP contribution in [-0.2, 0) is 16.6 Å². The van der Waals surface area contributed by atoms with E-state index in [0.29, 0.717) is 12.8 Å². The second-order valence-corrected chi connectivity index (χ2v) is 4.44. The number of carbonyl (C=O) groups is 2. The van der Waals surface area contributed by atoms with Gasteiger partial charge in [-0.15, -0.1) is 0 Å². The van der Waals surface area contributed by atoms with Gasteiger partial charge >= 0.3 is 0 Å². The normalized spacial score (nSPS) is 12.3. The van der Waals surface area contributed by atoms with Crippen molar-refractivity contribution in [3.63, 3.8) is 0 Å². The van der Waals surface area contributed by atoms with Crippen molar-refractivity contribution in [2.75, 3.05) is 7.05 Å². The minimum atomic E-state index is -0.388. The molecule has 0 saturated carbocycles. The molecule has 0 saturated heterocycles. The Kier molecular flexibility index (Phi) is 3.94. The highest BCUT2D eigenvalue weighted by molar-refractivity contribution is 5.90. The van der Waals surface area contributed by atoms with E-state index >= 15 is 0 Å². The number of aldehydes is 1. The van der Waals surface area contributed by atoms with Crippen molar-refractivity contribution in [1.82, 2.24) is 15.1 Å². The summed E-state index contributed by atoms with van der Waals surface area (Å²) in [6.45, 7) is 0. The largest absolute Gasteiger partial charge is 0.359 e. The predicted octanol–water partition coefficient (Wildman–Crippen LogP) is 1.38. The van der Waals surface area contributed by atoms with E-state index in [0.717, 1.165) is 22.9 Å². The van der Waals surface area contributed by atoms with E-state index in [1.54, 1.807) is 11.7 Å². The van der Waals surface area contributed by atoms with E-state index < -0.39 is 0 Å². The number of aromatic nitrogens is 2. The molecule has 0 aliphatic carbocycles. The summed E-state index contributed by atoms with van der Waals surface area (Å²) in [7, 11) is 3.45. The highest BCUT2D eigenvalue weighted by Gasteiger charge is 2.24. The van der Waals surface area contributed by atoms with Crippen LogP contribution in [0, 0.1) is 0 Å². The number of amides is 1. The second-order valence-electron chi connectivity index (χ2n) is 4.44. The molecule has 5 nitrogen and oxygen atoms in total. The number of hydrogen-bond donors (Lipinski definition) is 1. The number of benzene rings is 1. The van der Waals surface area contributed by atoms with Gasteiger partial charge in [0.25, 0.3) is 0 Å². The predicted molar refractivity (Wildman–Crippen MR) is 72.8 cm³/mol. The molecule has 0 aliphatic heterocycles. The molecule has 19 heavy (non-hydrogen) atoms. The fraction of sp³-hybridized carbons (Fsp3) is 0.357. The molecule has 5 heteroatoms. The average molecular weight is 259 g/mol. The van der Waals surface area contributed by atoms with Gasteiger partial charge in [-0.2, -0.15) is 5.10 Å². The summed E-state index contributed by atoms with van der Waals surface area (Å²) in [4.78, 5) is 22.6. The number of likely N-dealkylation sites (N-methyl/N-ethyl adjacent to an activating group) is 1. The Hall–Kier alpha value is -2.17. The van der Waals surface area contributed by atoms with Crippen molar-refractivity contribution in [2.45, 2.75) is 18.8 Å². The Morgan fingerprint density at radius 1 is 1.47 bits per heavy atom. The number of fused-ring (bicyclic) bond motifs is 1. The summed E-state index contributed by atoms with van der Waals surface area (Å²) in [5.74, 6) is -0.494. The maximum absolute atomic E-state index is 12.0. The first-order valence-electron chi connectivity index (χ1n) is 6.26. The first-order chi connectivity index (χ1) is 9.19. The van der Waals surface area contributed by atoms with Gasteiger partial charge in [0.05, 0.1) is 17.1 Å². The lowest BCUT2D eigenvalue weighted by Gasteiger charge is -2.12. The summed E-state index contributed by atoms with van der Waals surface area (Å²) >= 11 is 0. The van der Waals surface area contributed by atoms with Crippen LogP contribution in [0.15, 0.2) is 24.3 Å². The molecule has 1 aromatic carbocycles. The maximum atomic E-state index is 12.0. The van der Waals surface area contributed by atoms with Gasteiger partial charge in [-0.1, -0.05) is 18.2 Å². The van der Waals surface area contributed by atoms with Crippen LogP contribution in [-0.4, -0.2) is 29.0 Å². The Balaban J connectivity index is 2.49. The first kappa shape index (κ1) is 13.3. The summed E-state index contributed by atoms with van der Waals surface area (Å²) in [6.07, 6.45) is 1.66. The third kappa shape index (κ3) is 2.50. The first-order valence-corrected chi connectivity index (χ1v) is 6.26. The van der Waals surface area contributed by atoms with Gasteiger partial charge in [-0.25, -0.2) is 0 Å². The maximum Gasteiger partial charge on any atom is 0.228 e. The quantitative estimate of drug-likeness (QED) is 0.825. The fourth-order valence-electron chi connectivity index (χ4n) is 2.30. The lowest BCUT2D eigenvalue weighted by atomic mass is 9.96. The Morgan fingerprint density at radius 3 is 2.89 bits per heavy atom. The molecule has 0 fully saturated rings. The molecule has 1 unspecified atom stereocenters. The van der Waals surface area contributed by atoms with Crippen molar-refractivity contribution < 1.29 is 9.59 Å². The number of nitrogens with one attached hydrogen (secondary N) is 1. The molecule has 0 aliphatic rings. The summed E-state index contributed by atoms with van der Waals surface area (Å²) in [6, 6.07) is 7.78. The van der Waals surface area contributed by atoms with Gasteiger partial charge < -0.3 is 10.1 Å². The van der Waals surface area contributed by atoms with Crippen LogP contribution in [0.4, 0.5) is 0 Å². The molecular formula is C14H17N3O2. The van der Waals surface area contributed by atoms with Crippen LogP contribution >= 0.6 is 0 Å².